The van der Waals surface area contributed by atoms with Gasteiger partial charge in [-0.3, -0.25) is 4.79 Å². The molecule has 0 atom stereocenters. The van der Waals surface area contributed by atoms with Crippen molar-refractivity contribution in [3.8, 4) is 0 Å². The van der Waals surface area contributed by atoms with E-state index >= 15 is 0 Å². The number of hydrogen-bond donors (Lipinski definition) is 1. The zero-order chi connectivity index (χ0) is 17.9. The lowest BCUT2D eigenvalue weighted by atomic mass is 10.0. The molecule has 0 saturated heterocycles. The number of carbonyl (C=O) groups is 1. The summed E-state index contributed by atoms with van der Waals surface area (Å²) >= 11 is 1.64. The van der Waals surface area contributed by atoms with E-state index in [-0.39, 0.29) is 5.91 Å². The van der Waals surface area contributed by atoms with Gasteiger partial charge in [0.2, 0.25) is 5.91 Å². The molecule has 0 aliphatic carbocycles. The number of aryl methyl sites for hydroxylation is 4. The molecule has 0 aromatic heterocycles. The number of thioether (sulfide) groups is 1. The van der Waals surface area contributed by atoms with E-state index in [9.17, 15) is 4.79 Å². The zero-order valence-corrected chi connectivity index (χ0v) is 16.4. The maximum atomic E-state index is 12.5. The molecule has 0 aliphatic rings. The number of anilines is 1. The maximum absolute atomic E-state index is 12.5. The maximum Gasteiger partial charge on any atom is 0.234 e. The first-order valence-corrected chi connectivity index (χ1v) is 9.42. The highest BCUT2D eigenvalue weighted by Crippen LogP contribution is 2.31. The van der Waals surface area contributed by atoms with Gasteiger partial charge >= 0.3 is 0 Å². The zero-order valence-electron chi connectivity index (χ0n) is 15.5. The fourth-order valence-corrected chi connectivity index (χ4v) is 4.02. The van der Waals surface area contributed by atoms with E-state index < -0.39 is 0 Å². The van der Waals surface area contributed by atoms with Gasteiger partial charge in [0, 0.05) is 10.6 Å². The molecule has 2 rings (SSSR count). The molecule has 2 aromatic carbocycles. The average molecular weight is 342 g/mol. The van der Waals surface area contributed by atoms with Gasteiger partial charge in [0.15, 0.2) is 0 Å². The Balaban J connectivity index is 2.13. The van der Waals surface area contributed by atoms with Gasteiger partial charge in [-0.15, -0.1) is 11.8 Å². The van der Waals surface area contributed by atoms with Crippen LogP contribution in [-0.4, -0.2) is 11.7 Å². The molecule has 0 saturated carbocycles. The molecule has 2 aromatic rings. The minimum atomic E-state index is 0.0574. The lowest BCUT2D eigenvalue weighted by Gasteiger charge is -2.16. The highest BCUT2D eigenvalue weighted by Gasteiger charge is 2.13. The minimum Gasteiger partial charge on any atom is -0.325 e. The Kier molecular flexibility index (Phi) is 6.11. The van der Waals surface area contributed by atoms with Crippen LogP contribution in [-0.2, 0) is 11.2 Å². The van der Waals surface area contributed by atoms with Gasteiger partial charge in [0.1, 0.15) is 0 Å². The van der Waals surface area contributed by atoms with Crippen molar-refractivity contribution in [2.24, 2.45) is 0 Å². The Hall–Kier alpha value is -1.74. The van der Waals surface area contributed by atoms with Crippen LogP contribution < -0.4 is 5.32 Å². The predicted octanol–water partition coefficient (Wildman–Crippen LogP) is 5.52. The third kappa shape index (κ3) is 4.02. The summed E-state index contributed by atoms with van der Waals surface area (Å²) in [5, 5.41) is 3.11. The van der Waals surface area contributed by atoms with Crippen LogP contribution in [0.5, 0.6) is 0 Å². The van der Waals surface area contributed by atoms with Crippen LogP contribution in [0.2, 0.25) is 0 Å². The fourth-order valence-electron chi connectivity index (χ4n) is 2.91. The number of rotatable bonds is 5. The monoisotopic (exact) mass is 341 g/mol. The number of amides is 1. The number of hydrogen-bond acceptors (Lipinski definition) is 2. The summed E-state index contributed by atoms with van der Waals surface area (Å²) < 4.78 is 0. The van der Waals surface area contributed by atoms with Crippen molar-refractivity contribution in [3.63, 3.8) is 0 Å². The van der Waals surface area contributed by atoms with E-state index in [2.05, 4.69) is 52.1 Å². The first-order chi connectivity index (χ1) is 11.3. The van der Waals surface area contributed by atoms with Gasteiger partial charge in [-0.05, 0) is 74.4 Å². The van der Waals surface area contributed by atoms with Crippen molar-refractivity contribution in [2.45, 2.75) is 52.9 Å². The van der Waals surface area contributed by atoms with Gasteiger partial charge < -0.3 is 5.32 Å². The quantitative estimate of drug-likeness (QED) is 0.725. The summed E-state index contributed by atoms with van der Waals surface area (Å²) in [7, 11) is 0. The Morgan fingerprint density at radius 2 is 1.62 bits per heavy atom. The minimum absolute atomic E-state index is 0.0574. The van der Waals surface area contributed by atoms with E-state index in [1.54, 1.807) is 11.8 Å². The highest BCUT2D eigenvalue weighted by molar-refractivity contribution is 8.00. The molecule has 0 spiro atoms. The molecular weight excluding hydrogens is 314 g/mol. The van der Waals surface area contributed by atoms with Crippen molar-refractivity contribution in [2.75, 3.05) is 11.1 Å². The number of nitrogens with one attached hydrogen (secondary N) is 1. The molecule has 0 fully saturated rings. The highest BCUT2D eigenvalue weighted by atomic mass is 32.2. The predicted molar refractivity (Wildman–Crippen MR) is 105 cm³/mol. The van der Waals surface area contributed by atoms with Gasteiger partial charge in [-0.25, -0.2) is 0 Å². The van der Waals surface area contributed by atoms with Gasteiger partial charge in [-0.1, -0.05) is 31.2 Å². The first kappa shape index (κ1) is 18.6. The van der Waals surface area contributed by atoms with Crippen LogP contribution in [0.25, 0.3) is 0 Å². The SMILES string of the molecule is CCc1cccc(C)c1NC(=O)CSc1c(C)c(C)cc(C)c1C. The molecule has 0 bridgehead atoms. The Morgan fingerprint density at radius 1 is 1.00 bits per heavy atom. The number of para-hydroxylation sites is 1. The molecule has 1 amide bonds. The second kappa shape index (κ2) is 7.89. The van der Waals surface area contributed by atoms with Crippen LogP contribution in [0.1, 0.15) is 40.3 Å². The van der Waals surface area contributed by atoms with Gasteiger partial charge in [0.25, 0.3) is 0 Å². The largest absolute Gasteiger partial charge is 0.325 e. The lowest BCUT2D eigenvalue weighted by Crippen LogP contribution is -2.16. The van der Waals surface area contributed by atoms with Crippen molar-refractivity contribution in [3.05, 3.63) is 57.6 Å². The number of carbonyl (C=O) groups excluding carboxylic acids is 1. The number of benzene rings is 2. The Labute approximate surface area is 150 Å². The Bertz CT molecular complexity index is 739. The van der Waals surface area contributed by atoms with E-state index in [1.807, 2.05) is 19.1 Å². The van der Waals surface area contributed by atoms with Crippen molar-refractivity contribution in [1.82, 2.24) is 0 Å². The summed E-state index contributed by atoms with van der Waals surface area (Å²) in [6.45, 7) is 12.7. The molecule has 0 heterocycles. The second-order valence-corrected chi connectivity index (χ2v) is 7.37. The van der Waals surface area contributed by atoms with Crippen LogP contribution in [0.3, 0.4) is 0 Å². The van der Waals surface area contributed by atoms with Gasteiger partial charge in [-0.2, -0.15) is 0 Å². The standard InChI is InChI=1S/C21H27NOS/c1-7-18-10-8-9-13(2)20(18)22-19(23)12-24-21-16(5)14(3)11-15(4)17(21)6/h8-11H,7,12H2,1-6H3,(H,22,23). The van der Waals surface area contributed by atoms with E-state index in [1.165, 1.54) is 32.7 Å². The lowest BCUT2D eigenvalue weighted by molar-refractivity contribution is -0.113. The van der Waals surface area contributed by atoms with E-state index in [4.69, 9.17) is 0 Å². The van der Waals surface area contributed by atoms with Crippen LogP contribution in [0, 0.1) is 34.6 Å². The molecule has 0 radical (unpaired) electrons. The molecule has 1 N–H and O–H groups in total. The summed E-state index contributed by atoms with van der Waals surface area (Å²) in [5.41, 5.74) is 8.40. The van der Waals surface area contributed by atoms with Gasteiger partial charge in [0.05, 0.1) is 5.75 Å². The first-order valence-electron chi connectivity index (χ1n) is 8.43. The summed E-state index contributed by atoms with van der Waals surface area (Å²) in [4.78, 5) is 13.7. The molecule has 3 heteroatoms. The third-order valence-corrected chi connectivity index (χ3v) is 5.96. The Morgan fingerprint density at radius 3 is 2.21 bits per heavy atom. The second-order valence-electron chi connectivity index (χ2n) is 6.39. The molecule has 24 heavy (non-hydrogen) atoms. The van der Waals surface area contributed by atoms with Crippen LogP contribution in [0.4, 0.5) is 5.69 Å². The summed E-state index contributed by atoms with van der Waals surface area (Å²) in [6, 6.07) is 8.38. The summed E-state index contributed by atoms with van der Waals surface area (Å²) in [5.74, 6) is 0.490. The molecule has 2 nitrogen and oxygen atoms in total. The van der Waals surface area contributed by atoms with Crippen molar-refractivity contribution < 1.29 is 4.79 Å². The van der Waals surface area contributed by atoms with E-state index in [0.29, 0.717) is 5.75 Å². The van der Waals surface area contributed by atoms with Crippen LogP contribution in [0.15, 0.2) is 29.2 Å². The molecule has 128 valence electrons. The van der Waals surface area contributed by atoms with Crippen molar-refractivity contribution >= 4 is 23.4 Å². The van der Waals surface area contributed by atoms with Crippen LogP contribution >= 0.6 is 11.8 Å². The molecule has 0 unspecified atom stereocenters. The molecular formula is C21H27NOS. The van der Waals surface area contributed by atoms with E-state index in [0.717, 1.165) is 17.7 Å². The average Bonchev–Trinajstić information content (AvgIpc) is 2.55. The normalized spacial score (nSPS) is 10.8. The smallest absolute Gasteiger partial charge is 0.234 e. The molecule has 0 aliphatic heterocycles. The fraction of sp³-hybridized carbons (Fsp3) is 0.381. The summed E-state index contributed by atoms with van der Waals surface area (Å²) in [6.07, 6.45) is 0.916. The van der Waals surface area contributed by atoms with Crippen molar-refractivity contribution in [1.29, 1.82) is 0 Å². The third-order valence-electron chi connectivity index (χ3n) is 4.65. The topological polar surface area (TPSA) is 29.1 Å².